The van der Waals surface area contributed by atoms with Crippen LogP contribution in [0.15, 0.2) is 66.9 Å². The predicted octanol–water partition coefficient (Wildman–Crippen LogP) is 4.37. The highest BCUT2D eigenvalue weighted by Gasteiger charge is 2.40. The minimum Gasteiger partial charge on any atom is -0.497 e. The number of pyridine rings is 1. The van der Waals surface area contributed by atoms with Crippen LogP contribution in [0.2, 0.25) is 0 Å². The van der Waals surface area contributed by atoms with Gasteiger partial charge in [-0.05, 0) is 55.8 Å². The Morgan fingerprint density at radius 3 is 2.52 bits per heavy atom. The molecule has 6 heteroatoms. The normalized spacial score (nSPS) is 16.0. The van der Waals surface area contributed by atoms with Gasteiger partial charge < -0.3 is 10.1 Å². The van der Waals surface area contributed by atoms with Crippen LogP contribution < -0.4 is 15.0 Å². The van der Waals surface area contributed by atoms with Gasteiger partial charge in [0.15, 0.2) is 0 Å². The molecule has 2 aromatic carbocycles. The van der Waals surface area contributed by atoms with Crippen molar-refractivity contribution in [2.45, 2.75) is 32.4 Å². The average Bonchev–Trinajstić information content (AvgIpc) is 3.06. The molecule has 0 spiro atoms. The third-order valence-corrected chi connectivity index (χ3v) is 5.60. The highest BCUT2D eigenvalue weighted by molar-refractivity contribution is 6.11. The van der Waals surface area contributed by atoms with E-state index in [4.69, 9.17) is 4.74 Å². The molecule has 0 saturated carbocycles. The fourth-order valence-corrected chi connectivity index (χ4v) is 3.90. The zero-order chi connectivity index (χ0) is 22.0. The number of carbonyl (C=O) groups excluding carboxylic acids is 2. The number of benzene rings is 2. The summed E-state index contributed by atoms with van der Waals surface area (Å²) in [6.45, 7) is 3.93. The summed E-state index contributed by atoms with van der Waals surface area (Å²) in [4.78, 5) is 32.2. The number of anilines is 1. The number of hydrogen-bond acceptors (Lipinski definition) is 4. The lowest BCUT2D eigenvalue weighted by atomic mass is 10.1. The van der Waals surface area contributed by atoms with E-state index in [1.54, 1.807) is 30.3 Å². The van der Waals surface area contributed by atoms with Crippen LogP contribution in [0.5, 0.6) is 5.75 Å². The summed E-state index contributed by atoms with van der Waals surface area (Å²) in [7, 11) is 1.62. The Bertz CT molecular complexity index is 1090. The fraction of sp³-hybridized carbons (Fsp3) is 0.240. The lowest BCUT2D eigenvalue weighted by Gasteiger charge is -2.25. The highest BCUT2D eigenvalue weighted by atomic mass is 16.5. The summed E-state index contributed by atoms with van der Waals surface area (Å²) in [5.41, 5.74) is 4.03. The molecule has 158 valence electrons. The van der Waals surface area contributed by atoms with Gasteiger partial charge in [-0.25, -0.2) is 0 Å². The molecule has 6 nitrogen and oxygen atoms in total. The number of rotatable bonds is 6. The number of aryl methyl sites for hydroxylation is 1. The molecule has 0 unspecified atom stereocenters. The van der Waals surface area contributed by atoms with Gasteiger partial charge in [-0.1, -0.05) is 29.8 Å². The molecule has 2 heterocycles. The molecule has 1 aromatic heterocycles. The average molecular weight is 415 g/mol. The van der Waals surface area contributed by atoms with Crippen molar-refractivity contribution in [1.82, 2.24) is 10.3 Å². The third-order valence-electron chi connectivity index (χ3n) is 5.60. The van der Waals surface area contributed by atoms with E-state index in [0.29, 0.717) is 11.3 Å². The molecule has 0 saturated heterocycles. The summed E-state index contributed by atoms with van der Waals surface area (Å²) in [5, 5.41) is 3.04. The van der Waals surface area contributed by atoms with Crippen LogP contribution >= 0.6 is 0 Å². The van der Waals surface area contributed by atoms with Gasteiger partial charge in [0, 0.05) is 11.9 Å². The molecule has 1 aliphatic rings. The standard InChI is InChI=1S/C25H25N3O3/c1-16-6-10-19(11-7-16)28-22(24-21(25(28)30)5-4-14-26-24)15-23(29)27-17(2)18-8-12-20(31-3)13-9-18/h4-14,17,22H,15H2,1-3H3,(H,27,29)/t17-,22+/m1/s1. The second-order valence-electron chi connectivity index (χ2n) is 7.73. The van der Waals surface area contributed by atoms with E-state index < -0.39 is 6.04 Å². The van der Waals surface area contributed by atoms with Crippen molar-refractivity contribution in [3.8, 4) is 5.75 Å². The fourth-order valence-electron chi connectivity index (χ4n) is 3.90. The summed E-state index contributed by atoms with van der Waals surface area (Å²) < 4.78 is 5.19. The zero-order valence-electron chi connectivity index (χ0n) is 17.8. The van der Waals surface area contributed by atoms with Crippen molar-refractivity contribution in [3.05, 3.63) is 89.2 Å². The molecule has 2 amide bonds. The predicted molar refractivity (Wildman–Crippen MR) is 119 cm³/mol. The van der Waals surface area contributed by atoms with Crippen LogP contribution in [0.3, 0.4) is 0 Å². The van der Waals surface area contributed by atoms with E-state index >= 15 is 0 Å². The summed E-state index contributed by atoms with van der Waals surface area (Å²) in [5.74, 6) is 0.493. The van der Waals surface area contributed by atoms with Crippen molar-refractivity contribution in [3.63, 3.8) is 0 Å². The smallest absolute Gasteiger partial charge is 0.260 e. The van der Waals surface area contributed by atoms with Gasteiger partial charge in [-0.15, -0.1) is 0 Å². The summed E-state index contributed by atoms with van der Waals surface area (Å²) >= 11 is 0. The van der Waals surface area contributed by atoms with Gasteiger partial charge in [0.05, 0.1) is 36.9 Å². The van der Waals surface area contributed by atoms with E-state index in [-0.39, 0.29) is 24.3 Å². The van der Waals surface area contributed by atoms with E-state index in [9.17, 15) is 9.59 Å². The Morgan fingerprint density at radius 1 is 1.13 bits per heavy atom. The molecule has 2 atom stereocenters. The number of carbonyl (C=O) groups is 2. The maximum Gasteiger partial charge on any atom is 0.260 e. The number of hydrogen-bond donors (Lipinski definition) is 1. The van der Waals surface area contributed by atoms with Gasteiger partial charge in [0.25, 0.3) is 5.91 Å². The number of nitrogens with zero attached hydrogens (tertiary/aromatic N) is 2. The molecular weight excluding hydrogens is 390 g/mol. The lowest BCUT2D eigenvalue weighted by molar-refractivity contribution is -0.122. The highest BCUT2D eigenvalue weighted by Crippen LogP contribution is 2.38. The van der Waals surface area contributed by atoms with Gasteiger partial charge in [0.2, 0.25) is 5.91 Å². The number of methoxy groups -OCH3 is 1. The zero-order valence-corrected chi connectivity index (χ0v) is 17.8. The quantitative estimate of drug-likeness (QED) is 0.649. The molecule has 0 bridgehead atoms. The topological polar surface area (TPSA) is 71.5 Å². The number of aromatic nitrogens is 1. The number of fused-ring (bicyclic) bond motifs is 1. The lowest BCUT2D eigenvalue weighted by Crippen LogP contribution is -2.34. The Morgan fingerprint density at radius 2 is 1.84 bits per heavy atom. The SMILES string of the molecule is COc1ccc([C@@H](C)NC(=O)C[C@H]2c3ncccc3C(=O)N2c2ccc(C)cc2)cc1. The Labute approximate surface area is 181 Å². The minimum absolute atomic E-state index is 0.129. The monoisotopic (exact) mass is 415 g/mol. The van der Waals surface area contributed by atoms with Crippen LogP contribution in [0.25, 0.3) is 0 Å². The first-order valence-electron chi connectivity index (χ1n) is 10.3. The Hall–Kier alpha value is -3.67. The molecule has 0 radical (unpaired) electrons. The molecule has 0 fully saturated rings. The first-order chi connectivity index (χ1) is 15.0. The van der Waals surface area contributed by atoms with Crippen molar-refractivity contribution >= 4 is 17.5 Å². The first kappa shape index (κ1) is 20.6. The van der Waals surface area contributed by atoms with E-state index in [2.05, 4.69) is 10.3 Å². The van der Waals surface area contributed by atoms with E-state index in [1.165, 1.54) is 0 Å². The number of ether oxygens (including phenoxy) is 1. The Kier molecular flexibility index (Phi) is 5.71. The maximum absolute atomic E-state index is 13.1. The summed E-state index contributed by atoms with van der Waals surface area (Å²) in [6.07, 6.45) is 1.79. The molecule has 1 aliphatic heterocycles. The van der Waals surface area contributed by atoms with Crippen molar-refractivity contribution < 1.29 is 14.3 Å². The van der Waals surface area contributed by atoms with Crippen LogP contribution in [0, 0.1) is 6.92 Å². The number of amides is 2. The van der Waals surface area contributed by atoms with Gasteiger partial charge in [-0.2, -0.15) is 0 Å². The van der Waals surface area contributed by atoms with Crippen molar-refractivity contribution in [1.29, 1.82) is 0 Å². The maximum atomic E-state index is 13.1. The van der Waals surface area contributed by atoms with Crippen LogP contribution in [-0.2, 0) is 4.79 Å². The first-order valence-corrected chi connectivity index (χ1v) is 10.3. The van der Waals surface area contributed by atoms with Crippen molar-refractivity contribution in [2.75, 3.05) is 12.0 Å². The molecule has 1 N–H and O–H groups in total. The molecule has 31 heavy (non-hydrogen) atoms. The minimum atomic E-state index is -0.450. The number of nitrogens with one attached hydrogen (secondary N) is 1. The van der Waals surface area contributed by atoms with Crippen molar-refractivity contribution in [2.24, 2.45) is 0 Å². The van der Waals surface area contributed by atoms with Crippen LogP contribution in [0.4, 0.5) is 5.69 Å². The van der Waals surface area contributed by atoms with Crippen LogP contribution in [-0.4, -0.2) is 23.9 Å². The van der Waals surface area contributed by atoms with E-state index in [0.717, 1.165) is 22.6 Å². The molecule has 4 rings (SSSR count). The van der Waals surface area contributed by atoms with E-state index in [1.807, 2.05) is 62.4 Å². The Balaban J connectivity index is 1.55. The van der Waals surface area contributed by atoms with Gasteiger partial charge in [0.1, 0.15) is 5.75 Å². The summed E-state index contributed by atoms with van der Waals surface area (Å²) in [6, 6.07) is 18.2. The molecule has 3 aromatic rings. The van der Waals surface area contributed by atoms with Crippen LogP contribution in [0.1, 0.15) is 52.6 Å². The second kappa shape index (κ2) is 8.60. The van der Waals surface area contributed by atoms with Gasteiger partial charge in [-0.3, -0.25) is 19.5 Å². The second-order valence-corrected chi connectivity index (χ2v) is 7.73. The molecule has 0 aliphatic carbocycles. The van der Waals surface area contributed by atoms with Gasteiger partial charge >= 0.3 is 0 Å². The largest absolute Gasteiger partial charge is 0.497 e. The third kappa shape index (κ3) is 4.14. The molecular formula is C25H25N3O3.